The Morgan fingerprint density at radius 1 is 1.26 bits per heavy atom. The molecule has 6 heteroatoms. The zero-order valence-corrected chi connectivity index (χ0v) is 18.6. The maximum Gasteiger partial charge on any atom is 0.316 e. The third-order valence-electron chi connectivity index (χ3n) is 5.99. The fourth-order valence-corrected chi connectivity index (χ4v) is 5.90. The summed E-state index contributed by atoms with van der Waals surface area (Å²) in [7, 11) is 0. The summed E-state index contributed by atoms with van der Waals surface area (Å²) in [6, 6.07) is 4.27. The van der Waals surface area contributed by atoms with Crippen LogP contribution in [0.3, 0.4) is 0 Å². The predicted molar refractivity (Wildman–Crippen MR) is 112 cm³/mol. The van der Waals surface area contributed by atoms with Gasteiger partial charge in [0.15, 0.2) is 6.61 Å². The lowest BCUT2D eigenvalue weighted by atomic mass is 9.84. The number of carbonyl (C=O) groups excluding carboxylic acids is 2. The molecule has 2 bridgehead atoms. The number of rotatable bonds is 7. The molecule has 4 nitrogen and oxygen atoms in total. The van der Waals surface area contributed by atoms with E-state index in [1.54, 1.807) is 0 Å². The average molecular weight is 454 g/mol. The number of fused-ring (bicyclic) bond motifs is 2. The smallest absolute Gasteiger partial charge is 0.316 e. The SMILES string of the molecule is Cc1cc(SCC(=O)OCC(=O)N[C@H](C)[C@@H]2C[C@@H]3CC[C@@H]2C3)c(C)cc1Br. The lowest BCUT2D eigenvalue weighted by Gasteiger charge is -2.28. The zero-order valence-electron chi connectivity index (χ0n) is 16.2. The van der Waals surface area contributed by atoms with Gasteiger partial charge in [-0.2, -0.15) is 0 Å². The van der Waals surface area contributed by atoms with Crippen LogP contribution in [0, 0.1) is 31.6 Å². The van der Waals surface area contributed by atoms with Crippen molar-refractivity contribution in [2.45, 2.75) is 57.4 Å². The van der Waals surface area contributed by atoms with Crippen molar-refractivity contribution in [3.05, 3.63) is 27.7 Å². The fourth-order valence-electron chi connectivity index (χ4n) is 4.54. The van der Waals surface area contributed by atoms with E-state index >= 15 is 0 Å². The van der Waals surface area contributed by atoms with Crippen LogP contribution in [0.4, 0.5) is 0 Å². The van der Waals surface area contributed by atoms with Crippen molar-refractivity contribution in [1.29, 1.82) is 0 Å². The van der Waals surface area contributed by atoms with E-state index in [1.165, 1.54) is 37.4 Å². The lowest BCUT2D eigenvalue weighted by molar-refractivity contribution is -0.146. The molecule has 3 rings (SSSR count). The Morgan fingerprint density at radius 2 is 2.04 bits per heavy atom. The van der Waals surface area contributed by atoms with Gasteiger partial charge in [0.25, 0.3) is 5.91 Å². The number of hydrogen-bond donors (Lipinski definition) is 1. The van der Waals surface area contributed by atoms with Crippen LogP contribution >= 0.6 is 27.7 Å². The van der Waals surface area contributed by atoms with Crippen molar-refractivity contribution in [1.82, 2.24) is 5.32 Å². The molecule has 2 fully saturated rings. The van der Waals surface area contributed by atoms with Gasteiger partial charge in [0.2, 0.25) is 0 Å². The normalized spacial score (nSPS) is 24.7. The molecule has 1 N–H and O–H groups in total. The second-order valence-corrected chi connectivity index (χ2v) is 9.88. The van der Waals surface area contributed by atoms with Gasteiger partial charge in [-0.3, -0.25) is 9.59 Å². The molecule has 0 saturated heterocycles. The van der Waals surface area contributed by atoms with Crippen LogP contribution in [0.2, 0.25) is 0 Å². The van der Waals surface area contributed by atoms with E-state index in [2.05, 4.69) is 34.2 Å². The number of nitrogens with one attached hydrogen (secondary N) is 1. The van der Waals surface area contributed by atoms with Crippen molar-refractivity contribution < 1.29 is 14.3 Å². The van der Waals surface area contributed by atoms with Gasteiger partial charge in [-0.25, -0.2) is 0 Å². The van der Waals surface area contributed by atoms with Crippen molar-refractivity contribution in [2.24, 2.45) is 17.8 Å². The molecule has 0 spiro atoms. The highest BCUT2D eigenvalue weighted by molar-refractivity contribution is 9.10. The van der Waals surface area contributed by atoms with Crippen LogP contribution in [0.5, 0.6) is 0 Å². The van der Waals surface area contributed by atoms with E-state index < -0.39 is 0 Å². The molecule has 0 radical (unpaired) electrons. The van der Waals surface area contributed by atoms with Gasteiger partial charge >= 0.3 is 5.97 Å². The summed E-state index contributed by atoms with van der Waals surface area (Å²) in [6.07, 6.45) is 5.21. The van der Waals surface area contributed by atoms with Crippen LogP contribution in [0.15, 0.2) is 21.5 Å². The van der Waals surface area contributed by atoms with Gasteiger partial charge in [-0.1, -0.05) is 22.4 Å². The Balaban J connectivity index is 1.38. The number of halogens is 1. The second-order valence-electron chi connectivity index (χ2n) is 8.01. The number of ether oxygens (including phenoxy) is 1. The van der Waals surface area contributed by atoms with Gasteiger partial charge in [0.05, 0.1) is 5.75 Å². The van der Waals surface area contributed by atoms with Gasteiger partial charge in [0, 0.05) is 15.4 Å². The first-order valence-electron chi connectivity index (χ1n) is 9.68. The molecule has 27 heavy (non-hydrogen) atoms. The molecule has 148 valence electrons. The summed E-state index contributed by atoms with van der Waals surface area (Å²) >= 11 is 4.96. The fraction of sp³-hybridized carbons (Fsp3) is 0.619. The predicted octanol–water partition coefficient (Wildman–Crippen LogP) is 4.64. The van der Waals surface area contributed by atoms with E-state index in [1.807, 2.05) is 19.9 Å². The number of aryl methyl sites for hydroxylation is 2. The summed E-state index contributed by atoms with van der Waals surface area (Å²) in [4.78, 5) is 25.2. The molecule has 1 aromatic rings. The van der Waals surface area contributed by atoms with Crippen LogP contribution < -0.4 is 5.32 Å². The summed E-state index contributed by atoms with van der Waals surface area (Å²) in [5.74, 6) is 1.86. The number of thioether (sulfide) groups is 1. The van der Waals surface area contributed by atoms with Crippen molar-refractivity contribution in [3.63, 3.8) is 0 Å². The third-order valence-corrected chi connectivity index (χ3v) is 7.97. The van der Waals surface area contributed by atoms with Gasteiger partial charge in [0.1, 0.15) is 0 Å². The summed E-state index contributed by atoms with van der Waals surface area (Å²) < 4.78 is 6.23. The highest BCUT2D eigenvalue weighted by Crippen LogP contribution is 2.49. The Bertz CT molecular complexity index is 724. The summed E-state index contributed by atoms with van der Waals surface area (Å²) in [5, 5.41) is 3.03. The van der Waals surface area contributed by atoms with E-state index in [9.17, 15) is 9.59 Å². The minimum Gasteiger partial charge on any atom is -0.455 e. The summed E-state index contributed by atoms with van der Waals surface area (Å²) in [6.45, 7) is 5.93. The maximum atomic E-state index is 12.1. The Kier molecular flexibility index (Phi) is 6.90. The van der Waals surface area contributed by atoms with E-state index in [-0.39, 0.29) is 30.3 Å². The highest BCUT2D eigenvalue weighted by atomic mass is 79.9. The average Bonchev–Trinajstić information content (AvgIpc) is 3.25. The third kappa shape index (κ3) is 5.29. The minimum absolute atomic E-state index is 0.161. The maximum absolute atomic E-state index is 12.1. The molecular formula is C21H28BrNO3S. The Hall–Kier alpha value is -1.01. The number of benzene rings is 1. The Labute approximate surface area is 174 Å². The quantitative estimate of drug-likeness (QED) is 0.482. The summed E-state index contributed by atoms with van der Waals surface area (Å²) in [5.41, 5.74) is 2.24. The number of carbonyl (C=O) groups is 2. The Morgan fingerprint density at radius 3 is 2.70 bits per heavy atom. The van der Waals surface area contributed by atoms with Crippen molar-refractivity contribution in [3.8, 4) is 0 Å². The van der Waals surface area contributed by atoms with Gasteiger partial charge in [-0.15, -0.1) is 11.8 Å². The largest absolute Gasteiger partial charge is 0.455 e. The van der Waals surface area contributed by atoms with Crippen LogP contribution in [0.1, 0.15) is 43.7 Å². The minimum atomic E-state index is -0.359. The first-order valence-corrected chi connectivity index (χ1v) is 11.5. The number of amides is 1. The monoisotopic (exact) mass is 453 g/mol. The molecule has 2 aliphatic rings. The molecule has 0 heterocycles. The first kappa shape index (κ1) is 20.7. The van der Waals surface area contributed by atoms with E-state index in [4.69, 9.17) is 4.74 Å². The first-order chi connectivity index (χ1) is 12.8. The zero-order chi connectivity index (χ0) is 19.6. The molecule has 1 amide bonds. The van der Waals surface area contributed by atoms with Crippen LogP contribution in [-0.2, 0) is 14.3 Å². The lowest BCUT2D eigenvalue weighted by Crippen LogP contribution is -2.42. The number of esters is 1. The topological polar surface area (TPSA) is 55.4 Å². The molecule has 4 atom stereocenters. The van der Waals surface area contributed by atoms with E-state index in [0.717, 1.165) is 32.3 Å². The highest BCUT2D eigenvalue weighted by Gasteiger charge is 2.42. The van der Waals surface area contributed by atoms with Gasteiger partial charge in [-0.05, 0) is 81.0 Å². The molecule has 2 saturated carbocycles. The van der Waals surface area contributed by atoms with Crippen molar-refractivity contribution >= 4 is 39.6 Å². The van der Waals surface area contributed by atoms with Crippen molar-refractivity contribution in [2.75, 3.05) is 12.4 Å². The molecule has 0 aromatic heterocycles. The van der Waals surface area contributed by atoms with E-state index in [0.29, 0.717) is 5.92 Å². The molecule has 2 aliphatic carbocycles. The van der Waals surface area contributed by atoms with Crippen LogP contribution in [0.25, 0.3) is 0 Å². The molecule has 0 aliphatic heterocycles. The standard InChI is InChI=1S/C21H28BrNO3S/c1-12-7-19(13(2)6-18(12)22)27-11-21(25)26-10-20(24)23-14(3)17-9-15-4-5-16(17)8-15/h6-7,14-17H,4-5,8-11H2,1-3H3,(H,23,24)/t14-,15-,16-,17+/m1/s1. The van der Waals surface area contributed by atoms with Gasteiger partial charge < -0.3 is 10.1 Å². The second kappa shape index (κ2) is 8.99. The molecule has 0 unspecified atom stereocenters. The molecule has 1 aromatic carbocycles. The molecular weight excluding hydrogens is 426 g/mol. The van der Waals surface area contributed by atoms with Crippen LogP contribution in [-0.4, -0.2) is 30.3 Å². The number of hydrogen-bond acceptors (Lipinski definition) is 4.